The zero-order valence-corrected chi connectivity index (χ0v) is 11.9. The van der Waals surface area contributed by atoms with Gasteiger partial charge in [0.1, 0.15) is 18.6 Å². The topological polar surface area (TPSA) is 162 Å². The fraction of sp³-hybridized carbons (Fsp3) is 0.667. The van der Waals surface area contributed by atoms with Crippen LogP contribution >= 0.6 is 0 Å². The average Bonchev–Trinajstić information content (AvgIpc) is 2.98. The Hall–Kier alpha value is -2.20. The molecule has 1 saturated heterocycles. The zero-order chi connectivity index (χ0) is 16.7. The summed E-state index contributed by atoms with van der Waals surface area (Å²) in [6.45, 7) is -1.19. The molecule has 10 heteroatoms. The van der Waals surface area contributed by atoms with Crippen molar-refractivity contribution in [3.05, 3.63) is 0 Å². The normalized spacial score (nSPS) is 18.6. The molecule has 0 spiro atoms. The summed E-state index contributed by atoms with van der Waals surface area (Å²) >= 11 is 0. The first kappa shape index (κ1) is 17.9. The number of carbonyl (C=O) groups is 4. The van der Waals surface area contributed by atoms with Crippen LogP contribution in [0.25, 0.3) is 0 Å². The number of carboxylic acids is 1. The van der Waals surface area contributed by atoms with Gasteiger partial charge in [0.05, 0.1) is 13.2 Å². The molecule has 1 aliphatic heterocycles. The van der Waals surface area contributed by atoms with Crippen molar-refractivity contribution in [2.45, 2.75) is 24.9 Å². The van der Waals surface area contributed by atoms with E-state index in [1.165, 1.54) is 4.90 Å². The molecule has 0 saturated carbocycles. The van der Waals surface area contributed by atoms with Gasteiger partial charge in [-0.2, -0.15) is 0 Å². The predicted octanol–water partition coefficient (Wildman–Crippen LogP) is -3.39. The lowest BCUT2D eigenvalue weighted by atomic mass is 10.2. The Morgan fingerprint density at radius 2 is 2.00 bits per heavy atom. The molecule has 0 aromatic carbocycles. The van der Waals surface area contributed by atoms with Gasteiger partial charge in [-0.3, -0.25) is 19.2 Å². The molecule has 3 amide bonds. The number of aliphatic carboxylic acids is 1. The van der Waals surface area contributed by atoms with Crippen molar-refractivity contribution in [3.8, 4) is 0 Å². The van der Waals surface area contributed by atoms with Gasteiger partial charge in [0.2, 0.25) is 17.7 Å². The van der Waals surface area contributed by atoms with Crippen molar-refractivity contribution in [1.29, 1.82) is 0 Å². The van der Waals surface area contributed by atoms with Crippen LogP contribution in [-0.2, 0) is 19.2 Å². The van der Waals surface area contributed by atoms with Gasteiger partial charge in [-0.15, -0.1) is 0 Å². The molecule has 1 aliphatic rings. The van der Waals surface area contributed by atoms with Gasteiger partial charge in [-0.05, 0) is 12.8 Å². The van der Waals surface area contributed by atoms with Gasteiger partial charge in [-0.1, -0.05) is 0 Å². The minimum absolute atomic E-state index is 0.291. The Kier molecular flexibility index (Phi) is 6.73. The summed E-state index contributed by atoms with van der Waals surface area (Å²) in [6.07, 6.45) is 0.958. The van der Waals surface area contributed by atoms with E-state index in [0.29, 0.717) is 19.4 Å². The highest BCUT2D eigenvalue weighted by Gasteiger charge is 2.37. The molecule has 2 atom stereocenters. The predicted molar refractivity (Wildman–Crippen MR) is 73.5 cm³/mol. The molecule has 1 fully saturated rings. The third kappa shape index (κ3) is 4.67. The largest absolute Gasteiger partial charge is 0.480 e. The van der Waals surface area contributed by atoms with Gasteiger partial charge in [-0.25, -0.2) is 0 Å². The lowest BCUT2D eigenvalue weighted by molar-refractivity contribution is -0.143. The Balaban J connectivity index is 2.71. The standard InChI is InChI=1S/C12H20N4O6/c13-4-9(18)15-7(6-17)12(22)16-3-1-2-8(16)11(21)14-5-10(19)20/h7-8,17H,1-6,13H2,(H,14,21)(H,15,18)(H,19,20). The molecule has 124 valence electrons. The second-order valence-corrected chi connectivity index (χ2v) is 4.81. The quantitative estimate of drug-likeness (QED) is 0.327. The van der Waals surface area contributed by atoms with Crippen molar-refractivity contribution in [2.75, 3.05) is 26.2 Å². The molecule has 0 aromatic heterocycles. The van der Waals surface area contributed by atoms with Gasteiger partial charge in [0.25, 0.3) is 0 Å². The number of hydrogen-bond acceptors (Lipinski definition) is 6. The number of nitrogens with one attached hydrogen (secondary N) is 2. The Bertz CT molecular complexity index is 455. The number of likely N-dealkylation sites (tertiary alicyclic amines) is 1. The first-order valence-corrected chi connectivity index (χ1v) is 6.81. The summed E-state index contributed by atoms with van der Waals surface area (Å²) in [6, 6.07) is -1.99. The summed E-state index contributed by atoms with van der Waals surface area (Å²) in [5, 5.41) is 22.3. The molecule has 0 aromatic rings. The summed E-state index contributed by atoms with van der Waals surface area (Å²) in [4.78, 5) is 47.1. The second kappa shape index (κ2) is 8.29. The van der Waals surface area contributed by atoms with Crippen LogP contribution in [0.5, 0.6) is 0 Å². The van der Waals surface area contributed by atoms with E-state index >= 15 is 0 Å². The van der Waals surface area contributed by atoms with E-state index in [9.17, 15) is 24.3 Å². The summed E-state index contributed by atoms with van der Waals surface area (Å²) in [5.41, 5.74) is 5.13. The minimum atomic E-state index is -1.19. The summed E-state index contributed by atoms with van der Waals surface area (Å²) in [5.74, 6) is -2.96. The molecule has 0 radical (unpaired) electrons. The number of nitrogens with zero attached hydrogens (tertiary/aromatic N) is 1. The number of rotatable bonds is 7. The van der Waals surface area contributed by atoms with Crippen LogP contribution in [-0.4, -0.2) is 77.1 Å². The zero-order valence-electron chi connectivity index (χ0n) is 11.9. The molecule has 2 unspecified atom stereocenters. The number of amides is 3. The first-order chi connectivity index (χ1) is 10.4. The average molecular weight is 316 g/mol. The third-order valence-corrected chi connectivity index (χ3v) is 3.25. The van der Waals surface area contributed by atoms with Crippen LogP contribution in [0.2, 0.25) is 0 Å². The maximum atomic E-state index is 12.3. The molecule has 1 heterocycles. The molecule has 22 heavy (non-hydrogen) atoms. The van der Waals surface area contributed by atoms with Crippen LogP contribution < -0.4 is 16.4 Å². The van der Waals surface area contributed by atoms with E-state index < -0.39 is 48.9 Å². The van der Waals surface area contributed by atoms with Crippen LogP contribution in [0.15, 0.2) is 0 Å². The molecule has 0 aliphatic carbocycles. The maximum Gasteiger partial charge on any atom is 0.322 e. The Morgan fingerprint density at radius 3 is 2.55 bits per heavy atom. The van der Waals surface area contributed by atoms with E-state index in [0.717, 1.165) is 0 Å². The highest BCUT2D eigenvalue weighted by Crippen LogP contribution is 2.18. The number of hydrogen-bond donors (Lipinski definition) is 5. The first-order valence-electron chi connectivity index (χ1n) is 6.81. The van der Waals surface area contributed by atoms with E-state index in [1.807, 2.05) is 0 Å². The minimum Gasteiger partial charge on any atom is -0.480 e. The van der Waals surface area contributed by atoms with Crippen LogP contribution in [0.1, 0.15) is 12.8 Å². The summed E-state index contributed by atoms with van der Waals surface area (Å²) in [7, 11) is 0. The third-order valence-electron chi connectivity index (χ3n) is 3.25. The fourth-order valence-electron chi connectivity index (χ4n) is 2.22. The van der Waals surface area contributed by atoms with Crippen molar-refractivity contribution in [1.82, 2.24) is 15.5 Å². The molecule has 10 nitrogen and oxygen atoms in total. The molecular weight excluding hydrogens is 296 g/mol. The highest BCUT2D eigenvalue weighted by atomic mass is 16.4. The summed E-state index contributed by atoms with van der Waals surface area (Å²) < 4.78 is 0. The number of nitrogens with two attached hydrogens (primary N) is 1. The van der Waals surface area contributed by atoms with E-state index in [4.69, 9.17) is 10.8 Å². The van der Waals surface area contributed by atoms with Gasteiger partial charge in [0, 0.05) is 6.54 Å². The van der Waals surface area contributed by atoms with E-state index in [1.54, 1.807) is 0 Å². The maximum absolute atomic E-state index is 12.3. The monoisotopic (exact) mass is 316 g/mol. The van der Waals surface area contributed by atoms with Gasteiger partial charge < -0.3 is 31.5 Å². The van der Waals surface area contributed by atoms with Gasteiger partial charge in [0.15, 0.2) is 0 Å². The molecular formula is C12H20N4O6. The Labute approximate surface area is 126 Å². The highest BCUT2D eigenvalue weighted by molar-refractivity contribution is 5.93. The number of carbonyl (C=O) groups excluding carboxylic acids is 3. The van der Waals surface area contributed by atoms with E-state index in [-0.39, 0.29) is 6.54 Å². The molecule has 6 N–H and O–H groups in total. The fourth-order valence-corrected chi connectivity index (χ4v) is 2.22. The lowest BCUT2D eigenvalue weighted by Gasteiger charge is -2.27. The number of carboxylic acid groups (broad SMARTS) is 1. The molecule has 0 bridgehead atoms. The van der Waals surface area contributed by atoms with E-state index in [2.05, 4.69) is 10.6 Å². The van der Waals surface area contributed by atoms with Gasteiger partial charge >= 0.3 is 5.97 Å². The Morgan fingerprint density at radius 1 is 1.32 bits per heavy atom. The number of aliphatic hydroxyl groups is 1. The van der Waals surface area contributed by atoms with Crippen LogP contribution in [0, 0.1) is 0 Å². The SMILES string of the molecule is NCC(=O)NC(CO)C(=O)N1CCCC1C(=O)NCC(=O)O. The van der Waals surface area contributed by atoms with Crippen molar-refractivity contribution in [2.24, 2.45) is 5.73 Å². The lowest BCUT2D eigenvalue weighted by Crippen LogP contribution is -2.55. The van der Waals surface area contributed by atoms with Crippen LogP contribution in [0.4, 0.5) is 0 Å². The van der Waals surface area contributed by atoms with Crippen LogP contribution in [0.3, 0.4) is 0 Å². The second-order valence-electron chi connectivity index (χ2n) is 4.81. The smallest absolute Gasteiger partial charge is 0.322 e. The van der Waals surface area contributed by atoms with Crippen molar-refractivity contribution < 1.29 is 29.4 Å². The van der Waals surface area contributed by atoms with Crippen molar-refractivity contribution in [3.63, 3.8) is 0 Å². The molecule has 1 rings (SSSR count). The number of aliphatic hydroxyl groups excluding tert-OH is 1. The van der Waals surface area contributed by atoms with Crippen molar-refractivity contribution >= 4 is 23.7 Å².